The van der Waals surface area contributed by atoms with E-state index in [4.69, 9.17) is 0 Å². The highest BCUT2D eigenvalue weighted by Crippen LogP contribution is 2.24. The molecule has 0 saturated carbocycles. The summed E-state index contributed by atoms with van der Waals surface area (Å²) >= 11 is 0. The van der Waals surface area contributed by atoms with Crippen LogP contribution in [0.25, 0.3) is 0 Å². The highest BCUT2D eigenvalue weighted by Gasteiger charge is 2.25. The number of carbonyl (C=O) groups excluding carboxylic acids is 2. The van der Waals surface area contributed by atoms with E-state index in [1.165, 1.54) is 31.2 Å². The van der Waals surface area contributed by atoms with Gasteiger partial charge in [-0.15, -0.1) is 0 Å². The fraction of sp³-hybridized carbons (Fsp3) is 0.500. The number of anilines is 1. The molecule has 1 aromatic heterocycles. The Labute approximate surface area is 179 Å². The molecule has 2 N–H and O–H groups in total. The molecule has 1 atom stereocenters. The first-order valence-corrected chi connectivity index (χ1v) is 11.0. The van der Waals surface area contributed by atoms with Crippen LogP contribution in [0.15, 0.2) is 42.6 Å². The molecule has 162 valence electrons. The Balaban J connectivity index is 1.61. The van der Waals surface area contributed by atoms with E-state index in [0.29, 0.717) is 18.2 Å². The van der Waals surface area contributed by atoms with Gasteiger partial charge in [-0.25, -0.2) is 0 Å². The van der Waals surface area contributed by atoms with Crippen LogP contribution in [0.2, 0.25) is 0 Å². The summed E-state index contributed by atoms with van der Waals surface area (Å²) in [6, 6.07) is 11.8. The molecule has 0 spiro atoms. The summed E-state index contributed by atoms with van der Waals surface area (Å²) in [7, 11) is 2.02. The molecule has 2 amide bonds. The molecule has 1 fully saturated rings. The molecule has 6 heteroatoms. The van der Waals surface area contributed by atoms with Gasteiger partial charge in [-0.2, -0.15) is 0 Å². The Morgan fingerprint density at radius 2 is 1.63 bits per heavy atom. The molecule has 0 radical (unpaired) electrons. The second kappa shape index (κ2) is 10.4. The van der Waals surface area contributed by atoms with Crippen molar-refractivity contribution in [2.45, 2.75) is 51.5 Å². The van der Waals surface area contributed by atoms with E-state index in [1.54, 1.807) is 0 Å². The molecular formula is C24H34N4O2. The fourth-order valence-electron chi connectivity index (χ4n) is 4.06. The summed E-state index contributed by atoms with van der Waals surface area (Å²) in [5.41, 5.74) is 2.98. The summed E-state index contributed by atoms with van der Waals surface area (Å²) in [4.78, 5) is 27.3. The van der Waals surface area contributed by atoms with Crippen LogP contribution in [0.1, 0.15) is 62.7 Å². The smallest absolute Gasteiger partial charge is 0.313 e. The van der Waals surface area contributed by atoms with Crippen molar-refractivity contribution in [1.82, 2.24) is 14.8 Å². The minimum Gasteiger partial charge on any atom is -0.353 e. The average Bonchev–Trinajstić information content (AvgIpc) is 2.98. The SMILES string of the molecule is CC(C)c1ccc(NC(=O)C(=O)NCC(c2cccn2C)N2CCCCCC2)cc1. The normalized spacial score (nSPS) is 16.1. The zero-order valence-corrected chi connectivity index (χ0v) is 18.4. The van der Waals surface area contributed by atoms with Crippen molar-refractivity contribution in [1.29, 1.82) is 0 Å². The largest absolute Gasteiger partial charge is 0.353 e. The predicted molar refractivity (Wildman–Crippen MR) is 120 cm³/mol. The van der Waals surface area contributed by atoms with Crippen molar-refractivity contribution in [2.75, 3.05) is 25.0 Å². The summed E-state index contributed by atoms with van der Waals surface area (Å²) in [6.45, 7) is 6.68. The molecule has 1 saturated heterocycles. The van der Waals surface area contributed by atoms with Crippen molar-refractivity contribution in [3.63, 3.8) is 0 Å². The maximum atomic E-state index is 12.5. The molecule has 1 unspecified atom stereocenters. The van der Waals surface area contributed by atoms with Gasteiger partial charge >= 0.3 is 11.8 Å². The van der Waals surface area contributed by atoms with Crippen molar-refractivity contribution in [3.8, 4) is 0 Å². The van der Waals surface area contributed by atoms with E-state index in [0.717, 1.165) is 18.8 Å². The lowest BCUT2D eigenvalue weighted by atomic mass is 10.0. The van der Waals surface area contributed by atoms with Crippen LogP contribution in [0.3, 0.4) is 0 Å². The fourth-order valence-corrected chi connectivity index (χ4v) is 4.06. The van der Waals surface area contributed by atoms with Crippen molar-refractivity contribution in [2.24, 2.45) is 7.05 Å². The standard InChI is InChI=1S/C24H34N4O2/c1-18(2)19-10-12-20(13-11-19)26-24(30)23(29)25-17-22(21-9-8-14-27(21)3)28-15-6-4-5-7-16-28/h8-14,18,22H,4-7,15-17H2,1-3H3,(H,25,29)(H,26,30). The summed E-state index contributed by atoms with van der Waals surface area (Å²) in [5, 5.41) is 5.56. The molecular weight excluding hydrogens is 376 g/mol. The highest BCUT2D eigenvalue weighted by molar-refractivity contribution is 6.39. The minimum absolute atomic E-state index is 0.0603. The van der Waals surface area contributed by atoms with Crippen molar-refractivity contribution >= 4 is 17.5 Å². The van der Waals surface area contributed by atoms with Gasteiger partial charge in [0.05, 0.1) is 6.04 Å². The summed E-state index contributed by atoms with van der Waals surface area (Å²) < 4.78 is 2.10. The first-order chi connectivity index (χ1) is 14.5. The van der Waals surface area contributed by atoms with E-state index in [-0.39, 0.29) is 6.04 Å². The zero-order chi connectivity index (χ0) is 21.5. The number of hydrogen-bond acceptors (Lipinski definition) is 3. The second-order valence-electron chi connectivity index (χ2n) is 8.45. The summed E-state index contributed by atoms with van der Waals surface area (Å²) in [6.07, 6.45) is 6.86. The average molecular weight is 411 g/mol. The van der Waals surface area contributed by atoms with Gasteiger partial charge in [-0.05, 0) is 61.7 Å². The van der Waals surface area contributed by atoms with Gasteiger partial charge in [0.2, 0.25) is 0 Å². The van der Waals surface area contributed by atoms with E-state index in [2.05, 4.69) is 40.0 Å². The number of carbonyl (C=O) groups is 2. The number of benzene rings is 1. The molecule has 6 nitrogen and oxygen atoms in total. The zero-order valence-electron chi connectivity index (χ0n) is 18.4. The molecule has 2 aromatic rings. The monoisotopic (exact) mass is 410 g/mol. The Morgan fingerprint density at radius 1 is 0.967 bits per heavy atom. The Kier molecular flexibility index (Phi) is 7.69. The van der Waals surface area contributed by atoms with Crippen LogP contribution in [0.4, 0.5) is 5.69 Å². The molecule has 1 aliphatic heterocycles. The van der Waals surface area contributed by atoms with Crippen LogP contribution in [-0.2, 0) is 16.6 Å². The number of hydrogen-bond donors (Lipinski definition) is 2. The Morgan fingerprint density at radius 3 is 2.20 bits per heavy atom. The molecule has 30 heavy (non-hydrogen) atoms. The van der Waals surface area contributed by atoms with Crippen LogP contribution in [-0.4, -0.2) is 40.9 Å². The number of nitrogens with zero attached hydrogens (tertiary/aromatic N) is 2. The van der Waals surface area contributed by atoms with Gasteiger partial charge in [0, 0.05) is 31.2 Å². The van der Waals surface area contributed by atoms with E-state index < -0.39 is 11.8 Å². The van der Waals surface area contributed by atoms with Crippen LogP contribution in [0.5, 0.6) is 0 Å². The Bertz CT molecular complexity index is 833. The van der Waals surface area contributed by atoms with Gasteiger partial charge < -0.3 is 15.2 Å². The van der Waals surface area contributed by atoms with Gasteiger partial charge in [0.25, 0.3) is 0 Å². The topological polar surface area (TPSA) is 66.4 Å². The number of aryl methyl sites for hydroxylation is 1. The van der Waals surface area contributed by atoms with Gasteiger partial charge in [-0.3, -0.25) is 14.5 Å². The maximum absolute atomic E-state index is 12.5. The third kappa shape index (κ3) is 5.72. The third-order valence-corrected chi connectivity index (χ3v) is 5.90. The lowest BCUT2D eigenvalue weighted by molar-refractivity contribution is -0.136. The quantitative estimate of drug-likeness (QED) is 0.712. The van der Waals surface area contributed by atoms with E-state index >= 15 is 0 Å². The number of aromatic nitrogens is 1. The van der Waals surface area contributed by atoms with Gasteiger partial charge in [-0.1, -0.05) is 38.8 Å². The Hall–Kier alpha value is -2.60. The molecule has 0 aliphatic carbocycles. The molecule has 1 aliphatic rings. The number of rotatable bonds is 6. The number of likely N-dealkylation sites (tertiary alicyclic amines) is 1. The third-order valence-electron chi connectivity index (χ3n) is 5.90. The molecule has 2 heterocycles. The van der Waals surface area contributed by atoms with Crippen LogP contribution in [0, 0.1) is 0 Å². The number of amides is 2. The second-order valence-corrected chi connectivity index (χ2v) is 8.45. The van der Waals surface area contributed by atoms with Gasteiger partial charge in [0.1, 0.15) is 0 Å². The van der Waals surface area contributed by atoms with E-state index in [9.17, 15) is 9.59 Å². The maximum Gasteiger partial charge on any atom is 0.313 e. The number of nitrogens with one attached hydrogen (secondary N) is 2. The first-order valence-electron chi connectivity index (χ1n) is 11.0. The summed E-state index contributed by atoms with van der Waals surface area (Å²) in [5.74, 6) is -0.808. The molecule has 1 aromatic carbocycles. The van der Waals surface area contributed by atoms with Crippen molar-refractivity contribution < 1.29 is 9.59 Å². The van der Waals surface area contributed by atoms with Crippen molar-refractivity contribution in [3.05, 3.63) is 53.9 Å². The lowest BCUT2D eigenvalue weighted by Gasteiger charge is -2.31. The highest BCUT2D eigenvalue weighted by atomic mass is 16.2. The lowest BCUT2D eigenvalue weighted by Crippen LogP contribution is -2.42. The predicted octanol–water partition coefficient (Wildman–Crippen LogP) is 3.82. The molecule has 0 bridgehead atoms. The van der Waals surface area contributed by atoms with Crippen LogP contribution >= 0.6 is 0 Å². The molecule has 3 rings (SSSR count). The van der Waals surface area contributed by atoms with Gasteiger partial charge in [0.15, 0.2) is 0 Å². The van der Waals surface area contributed by atoms with E-state index in [1.807, 2.05) is 43.6 Å². The van der Waals surface area contributed by atoms with Crippen LogP contribution < -0.4 is 10.6 Å². The first kappa shape index (κ1) is 22.1. The minimum atomic E-state index is -0.631.